The van der Waals surface area contributed by atoms with E-state index in [1.54, 1.807) is 6.26 Å². The highest BCUT2D eigenvalue weighted by Crippen LogP contribution is 1.97. The van der Waals surface area contributed by atoms with Gasteiger partial charge in [-0.1, -0.05) is 6.92 Å². The second kappa shape index (κ2) is 8.21. The number of nitriles is 1. The van der Waals surface area contributed by atoms with Gasteiger partial charge < -0.3 is 5.32 Å². The summed E-state index contributed by atoms with van der Waals surface area (Å²) in [5.74, 6) is 0. The molecule has 0 bridgehead atoms. The molecule has 0 amide bonds. The van der Waals surface area contributed by atoms with Gasteiger partial charge in [0.2, 0.25) is 0 Å². The smallest absolute Gasteiger partial charge is 0.0622 e. The molecule has 0 spiro atoms. The van der Waals surface area contributed by atoms with Crippen LogP contribution in [-0.4, -0.2) is 28.8 Å². The predicted octanol–water partition coefficient (Wildman–Crippen LogP) is 1.04. The van der Waals surface area contributed by atoms with Crippen LogP contribution in [-0.2, 0) is 10.8 Å². The molecule has 2 unspecified atom stereocenters. The van der Waals surface area contributed by atoms with Crippen molar-refractivity contribution in [1.82, 2.24) is 5.32 Å². The Morgan fingerprint density at radius 1 is 1.54 bits per heavy atom. The Bertz CT molecular complexity index is 189. The fraction of sp³-hybridized carbons (Fsp3) is 0.889. The molecule has 2 atom stereocenters. The highest BCUT2D eigenvalue weighted by molar-refractivity contribution is 7.84. The summed E-state index contributed by atoms with van der Waals surface area (Å²) >= 11 is 0. The summed E-state index contributed by atoms with van der Waals surface area (Å²) < 4.78 is 11.0. The lowest BCUT2D eigenvalue weighted by Gasteiger charge is -2.08. The second-order valence-electron chi connectivity index (χ2n) is 3.11. The van der Waals surface area contributed by atoms with Gasteiger partial charge in [0.25, 0.3) is 0 Å². The Hall–Kier alpha value is -0.400. The zero-order valence-electron chi connectivity index (χ0n) is 8.38. The maximum absolute atomic E-state index is 11.0. The Morgan fingerprint density at radius 3 is 2.77 bits per heavy atom. The summed E-state index contributed by atoms with van der Waals surface area (Å²) in [7, 11) is -0.711. The second-order valence-corrected chi connectivity index (χ2v) is 4.91. The zero-order chi connectivity index (χ0) is 10.1. The minimum Gasteiger partial charge on any atom is -0.317 e. The van der Waals surface area contributed by atoms with Gasteiger partial charge in [-0.25, -0.2) is 0 Å². The fourth-order valence-corrected chi connectivity index (χ4v) is 1.34. The minimum atomic E-state index is -0.711. The molecule has 0 aromatic carbocycles. The molecular weight excluding hydrogens is 184 g/mol. The maximum Gasteiger partial charge on any atom is 0.0622 e. The van der Waals surface area contributed by atoms with Crippen LogP contribution in [0.25, 0.3) is 0 Å². The highest BCUT2D eigenvalue weighted by Gasteiger charge is 2.04. The van der Waals surface area contributed by atoms with Gasteiger partial charge in [-0.2, -0.15) is 5.26 Å². The average molecular weight is 202 g/mol. The lowest BCUT2D eigenvalue weighted by molar-refractivity contribution is 0.615. The molecule has 0 saturated heterocycles. The van der Waals surface area contributed by atoms with E-state index in [4.69, 9.17) is 5.26 Å². The monoisotopic (exact) mass is 202 g/mol. The quantitative estimate of drug-likeness (QED) is 0.627. The van der Waals surface area contributed by atoms with Gasteiger partial charge >= 0.3 is 0 Å². The largest absolute Gasteiger partial charge is 0.317 e. The molecule has 0 aliphatic carbocycles. The molecule has 0 radical (unpaired) electrons. The lowest BCUT2D eigenvalue weighted by Crippen LogP contribution is -2.22. The first-order chi connectivity index (χ1) is 6.18. The van der Waals surface area contributed by atoms with Gasteiger partial charge in [-0.15, -0.1) is 0 Å². The first-order valence-electron chi connectivity index (χ1n) is 4.58. The van der Waals surface area contributed by atoms with Crippen LogP contribution in [0.15, 0.2) is 0 Å². The molecule has 4 heteroatoms. The van der Waals surface area contributed by atoms with E-state index in [0.717, 1.165) is 25.9 Å². The molecule has 0 aliphatic rings. The number of hydrogen-bond donors (Lipinski definition) is 1. The van der Waals surface area contributed by atoms with E-state index in [1.807, 2.05) is 6.92 Å². The number of rotatable bonds is 7. The molecule has 0 aromatic heterocycles. The minimum absolute atomic E-state index is 0.267. The molecule has 0 rings (SSSR count). The Labute approximate surface area is 83.0 Å². The predicted molar refractivity (Wildman–Crippen MR) is 55.9 cm³/mol. The van der Waals surface area contributed by atoms with Crippen molar-refractivity contribution in [2.45, 2.75) is 31.4 Å². The van der Waals surface area contributed by atoms with Gasteiger partial charge in [0, 0.05) is 28.7 Å². The van der Waals surface area contributed by atoms with Crippen molar-refractivity contribution >= 4 is 10.8 Å². The Kier molecular flexibility index (Phi) is 7.96. The summed E-state index contributed by atoms with van der Waals surface area (Å²) in [5, 5.41) is 11.8. The molecule has 0 fully saturated rings. The maximum atomic E-state index is 11.0. The van der Waals surface area contributed by atoms with Gasteiger partial charge in [0.15, 0.2) is 0 Å². The summed E-state index contributed by atoms with van der Waals surface area (Å²) in [6.07, 6.45) is 4.19. The molecular formula is C9H18N2OS. The van der Waals surface area contributed by atoms with Crippen molar-refractivity contribution in [1.29, 1.82) is 5.26 Å². The van der Waals surface area contributed by atoms with Crippen molar-refractivity contribution in [3.05, 3.63) is 0 Å². The molecule has 0 aromatic rings. The highest BCUT2D eigenvalue weighted by atomic mass is 32.2. The summed E-state index contributed by atoms with van der Waals surface area (Å²) in [4.78, 5) is 0. The van der Waals surface area contributed by atoms with E-state index in [-0.39, 0.29) is 5.25 Å². The van der Waals surface area contributed by atoms with E-state index in [9.17, 15) is 4.21 Å². The first-order valence-corrected chi connectivity index (χ1v) is 6.20. The number of unbranched alkanes of at least 4 members (excludes halogenated alkanes) is 1. The van der Waals surface area contributed by atoms with E-state index in [0.29, 0.717) is 6.42 Å². The van der Waals surface area contributed by atoms with Crippen molar-refractivity contribution in [3.63, 3.8) is 0 Å². The Morgan fingerprint density at radius 2 is 2.23 bits per heavy atom. The van der Waals surface area contributed by atoms with Crippen LogP contribution in [0.2, 0.25) is 0 Å². The van der Waals surface area contributed by atoms with Crippen molar-refractivity contribution in [2.75, 3.05) is 19.3 Å². The molecule has 0 aliphatic heterocycles. The van der Waals surface area contributed by atoms with Crippen molar-refractivity contribution in [2.24, 2.45) is 0 Å². The number of nitrogens with one attached hydrogen (secondary N) is 1. The fourth-order valence-electron chi connectivity index (χ4n) is 0.889. The molecule has 0 heterocycles. The van der Waals surface area contributed by atoms with Crippen LogP contribution in [0.5, 0.6) is 0 Å². The standard InChI is InChI=1S/C9H18N2OS/c1-9(13(2)12)5-8-11-7-4-3-6-10/h9,11H,3-5,7-8H2,1-2H3. The number of hydrogen-bond acceptors (Lipinski definition) is 3. The SMILES string of the molecule is CC(CCNCCCC#N)S(C)=O. The van der Waals surface area contributed by atoms with Gasteiger partial charge in [-0.05, 0) is 25.9 Å². The van der Waals surface area contributed by atoms with Crippen LogP contribution in [0.1, 0.15) is 26.2 Å². The van der Waals surface area contributed by atoms with Gasteiger partial charge in [0.05, 0.1) is 6.07 Å². The number of nitrogens with zero attached hydrogens (tertiary/aromatic N) is 1. The van der Waals surface area contributed by atoms with Crippen LogP contribution < -0.4 is 5.32 Å². The third-order valence-electron chi connectivity index (χ3n) is 1.94. The van der Waals surface area contributed by atoms with E-state index >= 15 is 0 Å². The van der Waals surface area contributed by atoms with E-state index < -0.39 is 10.8 Å². The zero-order valence-corrected chi connectivity index (χ0v) is 9.19. The molecule has 13 heavy (non-hydrogen) atoms. The molecule has 76 valence electrons. The first kappa shape index (κ1) is 12.6. The van der Waals surface area contributed by atoms with Crippen LogP contribution >= 0.6 is 0 Å². The van der Waals surface area contributed by atoms with Crippen LogP contribution in [0.4, 0.5) is 0 Å². The summed E-state index contributed by atoms with van der Waals surface area (Å²) in [6.45, 7) is 3.77. The topological polar surface area (TPSA) is 52.9 Å². The molecule has 3 nitrogen and oxygen atoms in total. The lowest BCUT2D eigenvalue weighted by atomic mass is 10.3. The van der Waals surface area contributed by atoms with Crippen molar-refractivity contribution in [3.8, 4) is 6.07 Å². The Balaban J connectivity index is 3.17. The van der Waals surface area contributed by atoms with Crippen LogP contribution in [0, 0.1) is 11.3 Å². The molecule has 1 N–H and O–H groups in total. The average Bonchev–Trinajstić information content (AvgIpc) is 2.10. The van der Waals surface area contributed by atoms with Gasteiger partial charge in [0.1, 0.15) is 0 Å². The third-order valence-corrected chi connectivity index (χ3v) is 3.31. The van der Waals surface area contributed by atoms with Crippen LogP contribution in [0.3, 0.4) is 0 Å². The van der Waals surface area contributed by atoms with E-state index in [1.165, 1.54) is 0 Å². The third kappa shape index (κ3) is 7.94. The normalized spacial score (nSPS) is 14.8. The summed E-state index contributed by atoms with van der Waals surface area (Å²) in [6, 6.07) is 2.10. The van der Waals surface area contributed by atoms with Gasteiger partial charge in [-0.3, -0.25) is 4.21 Å². The van der Waals surface area contributed by atoms with E-state index in [2.05, 4.69) is 11.4 Å². The van der Waals surface area contributed by atoms with Crippen molar-refractivity contribution < 1.29 is 4.21 Å². The summed E-state index contributed by atoms with van der Waals surface area (Å²) in [5.41, 5.74) is 0. The molecule has 0 saturated carbocycles.